The second kappa shape index (κ2) is 6.49. The Morgan fingerprint density at radius 1 is 1.67 bits per heavy atom. The van der Waals surface area contributed by atoms with Gasteiger partial charge in [0.1, 0.15) is 0 Å². The summed E-state index contributed by atoms with van der Waals surface area (Å²) in [5.41, 5.74) is 6.25. The van der Waals surface area contributed by atoms with Crippen LogP contribution in [0.3, 0.4) is 0 Å². The van der Waals surface area contributed by atoms with E-state index in [-0.39, 0.29) is 6.10 Å². The van der Waals surface area contributed by atoms with E-state index in [0.29, 0.717) is 6.54 Å². The molecule has 0 amide bonds. The number of nitrogens with zero attached hydrogens (tertiary/aromatic N) is 3. The summed E-state index contributed by atoms with van der Waals surface area (Å²) in [6, 6.07) is 0. The molecule has 0 spiro atoms. The number of nitrogens with two attached hydrogens (primary N) is 1. The first kappa shape index (κ1) is 12.1. The largest absolute Gasteiger partial charge is 0.380 e. The maximum atomic E-state index is 5.43. The molecule has 15 heavy (non-hydrogen) atoms. The molecule has 0 aliphatic rings. The quantitative estimate of drug-likeness (QED) is 0.589. The van der Waals surface area contributed by atoms with Crippen molar-refractivity contribution in [1.82, 2.24) is 20.3 Å². The Bertz CT molecular complexity index is 275. The monoisotopic (exact) mass is 213 g/mol. The Hall–Kier alpha value is -0.980. The average molecular weight is 213 g/mol. The van der Waals surface area contributed by atoms with Crippen LogP contribution in [0.4, 0.5) is 0 Å². The highest BCUT2D eigenvalue weighted by Crippen LogP contribution is 1.90. The fourth-order valence-corrected chi connectivity index (χ4v) is 1.12. The van der Waals surface area contributed by atoms with E-state index in [1.807, 2.05) is 13.1 Å². The van der Waals surface area contributed by atoms with E-state index in [1.165, 1.54) is 0 Å². The first-order valence-electron chi connectivity index (χ1n) is 5.09. The highest BCUT2D eigenvalue weighted by Gasteiger charge is 1.99. The SMILES string of the molecule is COC(C)CNCCn1cc(CN)nn1. The number of ether oxygens (including phenoxy) is 1. The van der Waals surface area contributed by atoms with Crippen molar-refractivity contribution in [2.24, 2.45) is 5.73 Å². The Labute approximate surface area is 89.8 Å². The van der Waals surface area contributed by atoms with Crippen molar-refractivity contribution in [1.29, 1.82) is 0 Å². The molecule has 1 aromatic rings. The molecule has 6 heteroatoms. The number of methoxy groups -OCH3 is 1. The van der Waals surface area contributed by atoms with Crippen LogP contribution in [0.5, 0.6) is 0 Å². The van der Waals surface area contributed by atoms with Gasteiger partial charge in [-0.2, -0.15) is 0 Å². The standard InChI is InChI=1S/C9H19N5O/c1-8(15-2)6-11-3-4-14-7-9(5-10)12-13-14/h7-8,11H,3-6,10H2,1-2H3. The van der Waals surface area contributed by atoms with Gasteiger partial charge < -0.3 is 15.8 Å². The van der Waals surface area contributed by atoms with Gasteiger partial charge in [-0.15, -0.1) is 5.10 Å². The molecule has 0 bridgehead atoms. The summed E-state index contributed by atoms with van der Waals surface area (Å²) < 4.78 is 6.89. The minimum absolute atomic E-state index is 0.236. The molecular formula is C9H19N5O. The molecular weight excluding hydrogens is 194 g/mol. The maximum Gasteiger partial charge on any atom is 0.0962 e. The summed E-state index contributed by atoms with van der Waals surface area (Å²) >= 11 is 0. The zero-order valence-electron chi connectivity index (χ0n) is 9.31. The molecule has 0 saturated carbocycles. The van der Waals surface area contributed by atoms with Crippen LogP contribution in [0.2, 0.25) is 0 Å². The lowest BCUT2D eigenvalue weighted by Crippen LogP contribution is -2.28. The van der Waals surface area contributed by atoms with Gasteiger partial charge in [-0.1, -0.05) is 5.21 Å². The summed E-state index contributed by atoms with van der Waals surface area (Å²) in [6.45, 7) is 4.95. The van der Waals surface area contributed by atoms with Crippen LogP contribution in [0.15, 0.2) is 6.20 Å². The van der Waals surface area contributed by atoms with Crippen molar-refractivity contribution in [3.05, 3.63) is 11.9 Å². The van der Waals surface area contributed by atoms with Gasteiger partial charge in [0.15, 0.2) is 0 Å². The van der Waals surface area contributed by atoms with Crippen LogP contribution < -0.4 is 11.1 Å². The molecule has 0 saturated heterocycles. The lowest BCUT2D eigenvalue weighted by Gasteiger charge is -2.10. The first-order valence-corrected chi connectivity index (χ1v) is 5.09. The van der Waals surface area contributed by atoms with E-state index in [0.717, 1.165) is 25.3 Å². The maximum absolute atomic E-state index is 5.43. The molecule has 0 aliphatic carbocycles. The first-order chi connectivity index (χ1) is 7.26. The third kappa shape index (κ3) is 4.37. The summed E-state index contributed by atoms with van der Waals surface area (Å²) in [5, 5.41) is 11.1. The van der Waals surface area contributed by atoms with Crippen molar-refractivity contribution in [3.63, 3.8) is 0 Å². The Morgan fingerprint density at radius 3 is 3.07 bits per heavy atom. The molecule has 0 fully saturated rings. The van der Waals surface area contributed by atoms with Crippen LogP contribution in [-0.4, -0.2) is 41.3 Å². The summed E-state index contributed by atoms with van der Waals surface area (Å²) in [6.07, 6.45) is 2.10. The van der Waals surface area contributed by atoms with Gasteiger partial charge in [-0.3, -0.25) is 4.68 Å². The predicted octanol–water partition coefficient (Wildman–Crippen LogP) is -0.639. The molecule has 3 N–H and O–H groups in total. The topological polar surface area (TPSA) is 78.0 Å². The van der Waals surface area contributed by atoms with Crippen molar-refractivity contribution in [3.8, 4) is 0 Å². The highest BCUT2D eigenvalue weighted by molar-refractivity contribution is 4.90. The van der Waals surface area contributed by atoms with Crippen molar-refractivity contribution in [2.75, 3.05) is 20.2 Å². The third-order valence-corrected chi connectivity index (χ3v) is 2.15. The second-order valence-electron chi connectivity index (χ2n) is 3.43. The molecule has 1 heterocycles. The number of hydrogen-bond acceptors (Lipinski definition) is 5. The zero-order chi connectivity index (χ0) is 11.1. The van der Waals surface area contributed by atoms with Crippen LogP contribution in [0.1, 0.15) is 12.6 Å². The van der Waals surface area contributed by atoms with Gasteiger partial charge in [0, 0.05) is 32.9 Å². The second-order valence-corrected chi connectivity index (χ2v) is 3.43. The minimum Gasteiger partial charge on any atom is -0.380 e. The van der Waals surface area contributed by atoms with Gasteiger partial charge in [-0.05, 0) is 6.92 Å². The summed E-state index contributed by atoms with van der Waals surface area (Å²) in [5.74, 6) is 0. The molecule has 1 rings (SSSR count). The Morgan fingerprint density at radius 2 is 2.47 bits per heavy atom. The number of aromatic nitrogens is 3. The molecule has 0 radical (unpaired) electrons. The molecule has 1 aromatic heterocycles. The number of rotatable bonds is 7. The van der Waals surface area contributed by atoms with Gasteiger partial charge in [0.2, 0.25) is 0 Å². The molecule has 0 aliphatic heterocycles. The fourth-order valence-electron chi connectivity index (χ4n) is 1.12. The minimum atomic E-state index is 0.236. The molecule has 6 nitrogen and oxygen atoms in total. The number of hydrogen-bond donors (Lipinski definition) is 2. The van der Waals surface area contributed by atoms with Crippen LogP contribution in [0.25, 0.3) is 0 Å². The van der Waals surface area contributed by atoms with E-state index >= 15 is 0 Å². The lowest BCUT2D eigenvalue weighted by atomic mass is 10.4. The smallest absolute Gasteiger partial charge is 0.0962 e. The molecule has 0 aromatic carbocycles. The molecule has 1 atom stereocenters. The van der Waals surface area contributed by atoms with Gasteiger partial charge in [-0.25, -0.2) is 0 Å². The van der Waals surface area contributed by atoms with Crippen LogP contribution >= 0.6 is 0 Å². The van der Waals surface area contributed by atoms with Crippen molar-refractivity contribution >= 4 is 0 Å². The van der Waals surface area contributed by atoms with E-state index in [4.69, 9.17) is 10.5 Å². The average Bonchev–Trinajstić information content (AvgIpc) is 2.72. The lowest BCUT2D eigenvalue weighted by molar-refractivity contribution is 0.117. The summed E-state index contributed by atoms with van der Waals surface area (Å²) in [4.78, 5) is 0. The molecule has 86 valence electrons. The van der Waals surface area contributed by atoms with Crippen molar-refractivity contribution in [2.45, 2.75) is 26.1 Å². The highest BCUT2D eigenvalue weighted by atomic mass is 16.5. The Balaban J connectivity index is 2.14. The van der Waals surface area contributed by atoms with Crippen molar-refractivity contribution < 1.29 is 4.74 Å². The van der Waals surface area contributed by atoms with Gasteiger partial charge >= 0.3 is 0 Å². The van der Waals surface area contributed by atoms with Gasteiger partial charge in [0.25, 0.3) is 0 Å². The van der Waals surface area contributed by atoms with E-state index < -0.39 is 0 Å². The fraction of sp³-hybridized carbons (Fsp3) is 0.778. The van der Waals surface area contributed by atoms with Crippen LogP contribution in [0, 0.1) is 0 Å². The number of nitrogens with one attached hydrogen (secondary N) is 1. The summed E-state index contributed by atoms with van der Waals surface area (Å²) in [7, 11) is 1.71. The Kier molecular flexibility index (Phi) is 5.23. The van der Waals surface area contributed by atoms with Crippen LogP contribution in [-0.2, 0) is 17.8 Å². The van der Waals surface area contributed by atoms with E-state index in [1.54, 1.807) is 11.8 Å². The van der Waals surface area contributed by atoms with E-state index in [2.05, 4.69) is 15.6 Å². The zero-order valence-corrected chi connectivity index (χ0v) is 9.31. The van der Waals surface area contributed by atoms with E-state index in [9.17, 15) is 0 Å². The van der Waals surface area contributed by atoms with Gasteiger partial charge in [0.05, 0.1) is 18.3 Å². The normalized spacial score (nSPS) is 13.0. The predicted molar refractivity (Wildman–Crippen MR) is 57.3 cm³/mol. The third-order valence-electron chi connectivity index (χ3n) is 2.15. The molecule has 1 unspecified atom stereocenters.